The summed E-state index contributed by atoms with van der Waals surface area (Å²) in [6, 6.07) is 10.8. The van der Waals surface area contributed by atoms with E-state index in [4.69, 9.17) is 16.3 Å². The molecule has 3 aromatic rings. The maximum absolute atomic E-state index is 12.7. The lowest BCUT2D eigenvalue weighted by molar-refractivity contribution is 0.0947. The first-order valence-corrected chi connectivity index (χ1v) is 8.85. The molecule has 1 aromatic carbocycles. The minimum absolute atomic E-state index is 0.150. The van der Waals surface area contributed by atoms with Crippen molar-refractivity contribution >= 4 is 28.7 Å². The van der Waals surface area contributed by atoms with Gasteiger partial charge in [-0.25, -0.2) is 9.97 Å². The lowest BCUT2D eigenvalue weighted by Gasteiger charge is -2.11. The minimum atomic E-state index is -0.508. The Morgan fingerprint density at radius 3 is 2.78 bits per heavy atom. The normalized spacial score (nSPS) is 10.9. The average Bonchev–Trinajstić information content (AvgIpc) is 2.68. The monoisotopic (exact) mass is 386 g/mol. The number of fused-ring (bicyclic) bond motifs is 1. The Balaban J connectivity index is 1.80. The molecule has 0 saturated heterocycles. The zero-order chi connectivity index (χ0) is 19.2. The van der Waals surface area contributed by atoms with E-state index < -0.39 is 11.5 Å². The first kappa shape index (κ1) is 19.0. The minimum Gasteiger partial charge on any atom is -0.383 e. The predicted molar refractivity (Wildman–Crippen MR) is 103 cm³/mol. The van der Waals surface area contributed by atoms with Crippen LogP contribution in [0.1, 0.15) is 16.1 Å². The summed E-state index contributed by atoms with van der Waals surface area (Å²) in [4.78, 5) is 33.7. The summed E-state index contributed by atoms with van der Waals surface area (Å²) in [6.45, 7) is 0.994. The number of benzene rings is 1. The van der Waals surface area contributed by atoms with Gasteiger partial charge in [-0.3, -0.25) is 14.2 Å². The lowest BCUT2D eigenvalue weighted by Crippen LogP contribution is -2.36. The van der Waals surface area contributed by atoms with Gasteiger partial charge in [-0.1, -0.05) is 23.7 Å². The topological polar surface area (TPSA) is 86.1 Å². The largest absolute Gasteiger partial charge is 0.383 e. The van der Waals surface area contributed by atoms with Crippen molar-refractivity contribution in [1.29, 1.82) is 0 Å². The molecular formula is C19H19ClN4O3. The average molecular weight is 387 g/mol. The molecule has 0 radical (unpaired) electrons. The van der Waals surface area contributed by atoms with Crippen LogP contribution in [0.2, 0.25) is 5.02 Å². The lowest BCUT2D eigenvalue weighted by atomic mass is 10.1. The van der Waals surface area contributed by atoms with E-state index in [0.29, 0.717) is 35.8 Å². The summed E-state index contributed by atoms with van der Waals surface area (Å²) in [5.74, 6) is -0.508. The van der Waals surface area contributed by atoms with Crippen LogP contribution in [-0.2, 0) is 17.7 Å². The SMILES string of the molecule is COCCn1c(=O)c(C(=O)NCCc2ccc(Cl)cc2)nc2cccnc21. The number of pyridine rings is 1. The van der Waals surface area contributed by atoms with Crippen LogP contribution in [0.5, 0.6) is 0 Å². The fourth-order valence-corrected chi connectivity index (χ4v) is 2.80. The summed E-state index contributed by atoms with van der Waals surface area (Å²) in [5.41, 5.74) is 1.31. The summed E-state index contributed by atoms with van der Waals surface area (Å²) in [6.07, 6.45) is 2.20. The van der Waals surface area contributed by atoms with Crippen LogP contribution in [0, 0.1) is 0 Å². The van der Waals surface area contributed by atoms with Gasteiger partial charge in [0.15, 0.2) is 11.3 Å². The van der Waals surface area contributed by atoms with Crippen LogP contribution in [0.15, 0.2) is 47.4 Å². The third-order valence-electron chi connectivity index (χ3n) is 4.05. The van der Waals surface area contributed by atoms with Crippen LogP contribution >= 0.6 is 11.6 Å². The molecule has 0 spiro atoms. The zero-order valence-corrected chi connectivity index (χ0v) is 15.6. The van der Waals surface area contributed by atoms with Crippen molar-refractivity contribution in [3.8, 4) is 0 Å². The second-order valence-corrected chi connectivity index (χ2v) is 6.32. The Bertz CT molecular complexity index is 1000. The third-order valence-corrected chi connectivity index (χ3v) is 4.30. The number of carbonyl (C=O) groups excluding carboxylic acids is 1. The number of aromatic nitrogens is 3. The molecule has 27 heavy (non-hydrogen) atoms. The summed E-state index contributed by atoms with van der Waals surface area (Å²) in [5, 5.41) is 3.41. The third kappa shape index (κ3) is 4.50. The van der Waals surface area contributed by atoms with Crippen molar-refractivity contribution < 1.29 is 9.53 Å². The highest BCUT2D eigenvalue weighted by Crippen LogP contribution is 2.10. The van der Waals surface area contributed by atoms with Gasteiger partial charge < -0.3 is 10.1 Å². The Morgan fingerprint density at radius 1 is 1.26 bits per heavy atom. The van der Waals surface area contributed by atoms with E-state index in [1.165, 1.54) is 4.57 Å². The number of amides is 1. The van der Waals surface area contributed by atoms with Crippen LogP contribution in [0.4, 0.5) is 0 Å². The van der Waals surface area contributed by atoms with Crippen molar-refractivity contribution in [3.05, 3.63) is 69.2 Å². The smallest absolute Gasteiger partial charge is 0.283 e. The number of carbonyl (C=O) groups is 1. The first-order valence-electron chi connectivity index (χ1n) is 8.47. The Morgan fingerprint density at radius 2 is 2.04 bits per heavy atom. The van der Waals surface area contributed by atoms with Gasteiger partial charge in [-0.15, -0.1) is 0 Å². The highest BCUT2D eigenvalue weighted by Gasteiger charge is 2.17. The predicted octanol–water partition coefficient (Wildman–Crippen LogP) is 2.06. The van der Waals surface area contributed by atoms with Crippen molar-refractivity contribution in [2.45, 2.75) is 13.0 Å². The van der Waals surface area contributed by atoms with E-state index in [1.807, 2.05) is 12.1 Å². The number of hydrogen-bond acceptors (Lipinski definition) is 5. The summed E-state index contributed by atoms with van der Waals surface area (Å²) in [7, 11) is 1.55. The number of nitrogens with one attached hydrogen (secondary N) is 1. The van der Waals surface area contributed by atoms with Crippen LogP contribution in [0.3, 0.4) is 0 Å². The van der Waals surface area contributed by atoms with E-state index in [1.54, 1.807) is 37.6 Å². The number of nitrogens with zero attached hydrogens (tertiary/aromatic N) is 3. The molecule has 0 unspecified atom stereocenters. The van der Waals surface area contributed by atoms with Gasteiger partial charge in [0.05, 0.1) is 13.2 Å². The molecule has 0 bridgehead atoms. The number of methoxy groups -OCH3 is 1. The fraction of sp³-hybridized carbons (Fsp3) is 0.263. The molecule has 7 nitrogen and oxygen atoms in total. The van der Waals surface area contributed by atoms with E-state index in [9.17, 15) is 9.59 Å². The van der Waals surface area contributed by atoms with E-state index in [0.717, 1.165) is 5.56 Å². The van der Waals surface area contributed by atoms with Crippen molar-refractivity contribution in [2.24, 2.45) is 0 Å². The molecule has 0 aliphatic heterocycles. The molecule has 0 atom stereocenters. The molecule has 3 rings (SSSR count). The van der Waals surface area contributed by atoms with Gasteiger partial charge in [0, 0.05) is 24.9 Å². The number of hydrogen-bond donors (Lipinski definition) is 1. The Hall–Kier alpha value is -2.77. The van der Waals surface area contributed by atoms with Gasteiger partial charge in [0.2, 0.25) is 0 Å². The zero-order valence-electron chi connectivity index (χ0n) is 14.8. The fourth-order valence-electron chi connectivity index (χ4n) is 2.67. The molecule has 140 valence electrons. The molecular weight excluding hydrogens is 368 g/mol. The first-order chi connectivity index (χ1) is 13.1. The second kappa shape index (κ2) is 8.75. The molecule has 2 heterocycles. The molecule has 1 N–H and O–H groups in total. The van der Waals surface area contributed by atoms with Crippen LogP contribution in [0.25, 0.3) is 11.2 Å². The van der Waals surface area contributed by atoms with Crippen molar-refractivity contribution in [3.63, 3.8) is 0 Å². The number of halogens is 1. The summed E-state index contributed by atoms with van der Waals surface area (Å²) < 4.78 is 6.47. The molecule has 2 aromatic heterocycles. The van der Waals surface area contributed by atoms with Gasteiger partial charge in [-0.05, 0) is 36.2 Å². The highest BCUT2D eigenvalue weighted by atomic mass is 35.5. The molecule has 0 fully saturated rings. The quantitative estimate of drug-likeness (QED) is 0.671. The van der Waals surface area contributed by atoms with E-state index in [2.05, 4.69) is 15.3 Å². The van der Waals surface area contributed by atoms with Crippen molar-refractivity contribution in [1.82, 2.24) is 19.9 Å². The standard InChI is InChI=1S/C19H19ClN4O3/c1-27-12-11-24-17-15(3-2-9-21-17)23-16(19(24)26)18(25)22-10-8-13-4-6-14(20)7-5-13/h2-7,9H,8,10-12H2,1H3,(H,22,25). The molecule has 0 aliphatic carbocycles. The van der Waals surface area contributed by atoms with Crippen LogP contribution < -0.4 is 10.9 Å². The van der Waals surface area contributed by atoms with Gasteiger partial charge in [0.1, 0.15) is 5.52 Å². The van der Waals surface area contributed by atoms with Gasteiger partial charge in [-0.2, -0.15) is 0 Å². The number of ether oxygens (including phenoxy) is 1. The molecule has 0 saturated carbocycles. The van der Waals surface area contributed by atoms with Crippen molar-refractivity contribution in [2.75, 3.05) is 20.3 Å². The molecule has 8 heteroatoms. The second-order valence-electron chi connectivity index (χ2n) is 5.89. The maximum atomic E-state index is 12.7. The van der Waals surface area contributed by atoms with Crippen LogP contribution in [-0.4, -0.2) is 40.7 Å². The van der Waals surface area contributed by atoms with Gasteiger partial charge in [0.25, 0.3) is 11.5 Å². The van der Waals surface area contributed by atoms with Gasteiger partial charge >= 0.3 is 0 Å². The Kier molecular flexibility index (Phi) is 6.16. The molecule has 1 amide bonds. The highest BCUT2D eigenvalue weighted by molar-refractivity contribution is 6.30. The Labute approximate surface area is 161 Å². The van der Waals surface area contributed by atoms with E-state index in [-0.39, 0.29) is 12.2 Å². The maximum Gasteiger partial charge on any atom is 0.283 e. The summed E-state index contributed by atoms with van der Waals surface area (Å²) >= 11 is 5.86. The number of rotatable bonds is 7. The molecule has 0 aliphatic rings. The van der Waals surface area contributed by atoms with E-state index >= 15 is 0 Å².